The van der Waals surface area contributed by atoms with Crippen LogP contribution in [0.2, 0.25) is 0 Å². The third-order valence-electron chi connectivity index (χ3n) is 4.74. The maximum Gasteiger partial charge on any atom is 0.269 e. The molecule has 2 heterocycles. The monoisotopic (exact) mass is 347 g/mol. The Labute approximate surface area is 150 Å². The molecule has 1 aliphatic rings. The zero-order valence-corrected chi connectivity index (χ0v) is 14.0. The molecule has 1 atom stereocenters. The second-order valence-corrected chi connectivity index (χ2v) is 6.24. The molecule has 0 saturated carbocycles. The summed E-state index contributed by atoms with van der Waals surface area (Å²) in [6.45, 7) is 1.31. The molecule has 0 radical (unpaired) electrons. The molecule has 0 N–H and O–H groups in total. The molecule has 1 unspecified atom stereocenters. The number of nitro benzene ring substituents is 1. The average Bonchev–Trinajstić information content (AvgIpc) is 3.16. The maximum atomic E-state index is 13.1. The van der Waals surface area contributed by atoms with Crippen LogP contribution in [0.1, 0.15) is 27.7 Å². The van der Waals surface area contributed by atoms with Crippen LogP contribution in [0.25, 0.3) is 0 Å². The Morgan fingerprint density at radius 1 is 0.962 bits per heavy atom. The van der Waals surface area contributed by atoms with E-state index in [1.165, 1.54) is 24.3 Å². The molecule has 1 aliphatic heterocycles. The summed E-state index contributed by atoms with van der Waals surface area (Å²) in [4.78, 5) is 25.4. The third kappa shape index (κ3) is 2.75. The zero-order valence-electron chi connectivity index (χ0n) is 14.0. The minimum atomic E-state index is -0.463. The number of hydrogen-bond donors (Lipinski definition) is 0. The summed E-state index contributed by atoms with van der Waals surface area (Å²) >= 11 is 0. The number of nitro groups is 1. The van der Waals surface area contributed by atoms with Crippen LogP contribution in [0.5, 0.6) is 0 Å². The second-order valence-electron chi connectivity index (χ2n) is 6.24. The lowest BCUT2D eigenvalue weighted by atomic mass is 9.99. The van der Waals surface area contributed by atoms with Gasteiger partial charge in [0.05, 0.1) is 11.0 Å². The molecule has 2 aromatic carbocycles. The number of rotatable bonds is 3. The molecule has 0 saturated heterocycles. The number of hydrogen-bond acceptors (Lipinski definition) is 3. The topological polar surface area (TPSA) is 68.4 Å². The number of carbonyl (C=O) groups is 1. The van der Waals surface area contributed by atoms with Crippen LogP contribution >= 0.6 is 0 Å². The first-order chi connectivity index (χ1) is 12.6. The number of non-ortho nitro benzene ring substituents is 1. The Morgan fingerprint density at radius 2 is 1.69 bits per heavy atom. The fourth-order valence-corrected chi connectivity index (χ4v) is 3.48. The first-order valence-electron chi connectivity index (χ1n) is 8.40. The van der Waals surface area contributed by atoms with Crippen LogP contribution in [0, 0.1) is 10.1 Å². The number of carbonyl (C=O) groups excluding carboxylic acids is 1. The van der Waals surface area contributed by atoms with Gasteiger partial charge in [0.1, 0.15) is 0 Å². The summed E-state index contributed by atoms with van der Waals surface area (Å²) < 4.78 is 2.16. The van der Waals surface area contributed by atoms with Crippen molar-refractivity contribution in [3.8, 4) is 0 Å². The highest BCUT2D eigenvalue weighted by molar-refractivity contribution is 5.95. The molecule has 0 fully saturated rings. The summed E-state index contributed by atoms with van der Waals surface area (Å²) in [5.41, 5.74) is 2.55. The van der Waals surface area contributed by atoms with Gasteiger partial charge in [-0.2, -0.15) is 0 Å². The number of amides is 1. The number of aromatic nitrogens is 1. The molecule has 1 aromatic heterocycles. The summed E-state index contributed by atoms with van der Waals surface area (Å²) in [6.07, 6.45) is 2.03. The van der Waals surface area contributed by atoms with Crippen LogP contribution in [0.4, 0.5) is 5.69 Å². The largest absolute Gasteiger partial charge is 0.348 e. The van der Waals surface area contributed by atoms with Crippen LogP contribution in [0.3, 0.4) is 0 Å². The second kappa shape index (κ2) is 6.48. The highest BCUT2D eigenvalue weighted by atomic mass is 16.6. The average molecular weight is 347 g/mol. The molecule has 130 valence electrons. The Bertz CT molecular complexity index is 948. The fourth-order valence-electron chi connectivity index (χ4n) is 3.48. The summed E-state index contributed by atoms with van der Waals surface area (Å²) in [5, 5.41) is 10.8. The van der Waals surface area contributed by atoms with Crippen molar-refractivity contribution >= 4 is 11.6 Å². The highest BCUT2D eigenvalue weighted by Crippen LogP contribution is 2.33. The third-order valence-corrected chi connectivity index (χ3v) is 4.74. The van der Waals surface area contributed by atoms with Gasteiger partial charge in [-0.05, 0) is 29.8 Å². The predicted molar refractivity (Wildman–Crippen MR) is 96.8 cm³/mol. The van der Waals surface area contributed by atoms with Crippen LogP contribution in [-0.4, -0.2) is 26.8 Å². The molecular formula is C20H17N3O3. The lowest BCUT2D eigenvalue weighted by Gasteiger charge is -2.37. The quantitative estimate of drug-likeness (QED) is 0.536. The molecule has 0 aliphatic carbocycles. The number of nitrogens with zero attached hydrogens (tertiary/aromatic N) is 3. The minimum Gasteiger partial charge on any atom is -0.348 e. The smallest absolute Gasteiger partial charge is 0.269 e. The van der Waals surface area contributed by atoms with Gasteiger partial charge in [0, 0.05) is 42.7 Å². The Hall–Kier alpha value is -3.41. The Morgan fingerprint density at radius 3 is 2.38 bits per heavy atom. The molecule has 6 nitrogen and oxygen atoms in total. The molecule has 0 bridgehead atoms. The molecule has 26 heavy (non-hydrogen) atoms. The van der Waals surface area contributed by atoms with Gasteiger partial charge in [-0.15, -0.1) is 0 Å². The van der Waals surface area contributed by atoms with Crippen LogP contribution in [-0.2, 0) is 6.54 Å². The Kier molecular flexibility index (Phi) is 4.01. The first kappa shape index (κ1) is 16.1. The van der Waals surface area contributed by atoms with E-state index in [9.17, 15) is 14.9 Å². The van der Waals surface area contributed by atoms with E-state index in [0.717, 1.165) is 17.8 Å². The maximum absolute atomic E-state index is 13.1. The van der Waals surface area contributed by atoms with Crippen molar-refractivity contribution in [2.45, 2.75) is 12.6 Å². The SMILES string of the molecule is O=C(c1ccc([N+](=O)[O-])cc1)N1CCn2cccc2C1c1ccccc1. The van der Waals surface area contributed by atoms with Gasteiger partial charge in [-0.3, -0.25) is 14.9 Å². The van der Waals surface area contributed by atoms with Gasteiger partial charge in [0.15, 0.2) is 0 Å². The zero-order chi connectivity index (χ0) is 18.1. The molecule has 1 amide bonds. The van der Waals surface area contributed by atoms with E-state index in [0.29, 0.717) is 12.1 Å². The predicted octanol–water partition coefficient (Wildman–Crippen LogP) is 3.64. The van der Waals surface area contributed by atoms with E-state index in [2.05, 4.69) is 4.57 Å². The van der Waals surface area contributed by atoms with Gasteiger partial charge >= 0.3 is 0 Å². The molecule has 4 rings (SSSR count). The lowest BCUT2D eigenvalue weighted by Crippen LogP contribution is -2.42. The number of fused-ring (bicyclic) bond motifs is 1. The van der Waals surface area contributed by atoms with Crippen molar-refractivity contribution in [2.24, 2.45) is 0 Å². The Balaban J connectivity index is 1.72. The highest BCUT2D eigenvalue weighted by Gasteiger charge is 2.32. The summed E-state index contributed by atoms with van der Waals surface area (Å²) in [7, 11) is 0. The molecular weight excluding hydrogens is 330 g/mol. The fraction of sp³-hybridized carbons (Fsp3) is 0.150. The first-order valence-corrected chi connectivity index (χ1v) is 8.40. The standard InChI is InChI=1S/C20H17N3O3/c24-20(16-8-10-17(11-9-16)23(25)26)22-14-13-21-12-4-7-18(21)19(22)15-5-2-1-3-6-15/h1-12,19H,13-14H2. The molecule has 6 heteroatoms. The van der Waals surface area contributed by atoms with Crippen molar-refractivity contribution in [2.75, 3.05) is 6.54 Å². The van der Waals surface area contributed by atoms with Crippen molar-refractivity contribution in [1.82, 2.24) is 9.47 Å². The van der Waals surface area contributed by atoms with Crippen LogP contribution < -0.4 is 0 Å². The van der Waals surface area contributed by atoms with Gasteiger partial charge in [-0.25, -0.2) is 0 Å². The van der Waals surface area contributed by atoms with E-state index in [4.69, 9.17) is 0 Å². The van der Waals surface area contributed by atoms with E-state index in [1.54, 1.807) is 0 Å². The van der Waals surface area contributed by atoms with Crippen molar-refractivity contribution in [3.63, 3.8) is 0 Å². The van der Waals surface area contributed by atoms with E-state index in [1.807, 2.05) is 53.6 Å². The van der Waals surface area contributed by atoms with Gasteiger partial charge < -0.3 is 9.47 Å². The van der Waals surface area contributed by atoms with Crippen molar-refractivity contribution in [3.05, 3.63) is 99.9 Å². The van der Waals surface area contributed by atoms with Gasteiger partial charge in [0.25, 0.3) is 11.6 Å². The van der Waals surface area contributed by atoms with Gasteiger partial charge in [0.2, 0.25) is 0 Å². The van der Waals surface area contributed by atoms with Crippen molar-refractivity contribution in [1.29, 1.82) is 0 Å². The summed E-state index contributed by atoms with van der Waals surface area (Å²) in [5.74, 6) is -0.124. The summed E-state index contributed by atoms with van der Waals surface area (Å²) in [6, 6.07) is 19.6. The van der Waals surface area contributed by atoms with Crippen LogP contribution in [0.15, 0.2) is 72.9 Å². The molecule has 0 spiro atoms. The van der Waals surface area contributed by atoms with Gasteiger partial charge in [-0.1, -0.05) is 30.3 Å². The van der Waals surface area contributed by atoms with Crippen molar-refractivity contribution < 1.29 is 9.72 Å². The lowest BCUT2D eigenvalue weighted by molar-refractivity contribution is -0.384. The minimum absolute atomic E-state index is 0.0197. The van der Waals surface area contributed by atoms with E-state index < -0.39 is 4.92 Å². The number of benzene rings is 2. The molecule has 3 aromatic rings. The van der Waals surface area contributed by atoms with E-state index in [-0.39, 0.29) is 17.6 Å². The normalized spacial score (nSPS) is 16.2. The van der Waals surface area contributed by atoms with E-state index >= 15 is 0 Å².